The second kappa shape index (κ2) is 11.2. The molecule has 2 atom stereocenters. The average Bonchev–Trinajstić information content (AvgIpc) is 3.52. The van der Waals surface area contributed by atoms with Crippen LogP contribution in [0.1, 0.15) is 49.3 Å². The third-order valence-corrected chi connectivity index (χ3v) is 6.90. The van der Waals surface area contributed by atoms with Crippen LogP contribution in [0.15, 0.2) is 54.6 Å². The lowest BCUT2D eigenvalue weighted by Crippen LogP contribution is -2.21. The molecule has 1 aliphatic carbocycles. The number of aromatic amines is 1. The van der Waals surface area contributed by atoms with E-state index >= 15 is 0 Å². The molecule has 3 N–H and O–H groups in total. The summed E-state index contributed by atoms with van der Waals surface area (Å²) in [4.78, 5) is 30.9. The molecule has 1 saturated heterocycles. The van der Waals surface area contributed by atoms with Crippen molar-refractivity contribution in [2.24, 2.45) is 0 Å². The lowest BCUT2D eigenvalue weighted by Gasteiger charge is -2.13. The number of nitrogens with zero attached hydrogens (tertiary/aromatic N) is 3. The standard InChI is InChI=1S/C28H30F2N6O2/c1-17(28(38)33-25-15-24(34-35-25)18-7-8-18)19-4-2-5-20(14-19)22-9-10-23(27(30)32-22)31-26(37)6-3-12-36-13-11-21(29)16-36/h2-6,9-10,14-15,17-18,21H,7-8,11-13,16H2,1H3,(H,31,37)(H2,33,34,35,38)/b6-3+. The molecular formula is C28H30F2N6O2. The highest BCUT2D eigenvalue weighted by atomic mass is 19.1. The molecule has 0 radical (unpaired) electrons. The number of aromatic nitrogens is 3. The van der Waals surface area contributed by atoms with Gasteiger partial charge in [-0.2, -0.15) is 9.49 Å². The first kappa shape index (κ1) is 25.7. The highest BCUT2D eigenvalue weighted by Gasteiger charge is 2.26. The highest BCUT2D eigenvalue weighted by molar-refractivity contribution is 5.99. The first-order valence-corrected chi connectivity index (χ1v) is 12.8. The molecule has 2 aromatic heterocycles. The van der Waals surface area contributed by atoms with Crippen molar-refractivity contribution in [1.29, 1.82) is 0 Å². The second-order valence-corrected chi connectivity index (χ2v) is 9.89. The van der Waals surface area contributed by atoms with Crippen molar-refractivity contribution >= 4 is 23.3 Å². The van der Waals surface area contributed by atoms with E-state index in [0.717, 1.165) is 24.1 Å². The van der Waals surface area contributed by atoms with Crippen LogP contribution < -0.4 is 10.6 Å². The molecule has 3 aromatic rings. The van der Waals surface area contributed by atoms with E-state index in [2.05, 4.69) is 25.8 Å². The molecule has 5 rings (SSSR count). The second-order valence-electron chi connectivity index (χ2n) is 9.89. The molecule has 38 heavy (non-hydrogen) atoms. The molecule has 3 heterocycles. The van der Waals surface area contributed by atoms with E-state index in [0.29, 0.717) is 49.0 Å². The molecule has 10 heteroatoms. The van der Waals surface area contributed by atoms with Gasteiger partial charge in [-0.25, -0.2) is 9.37 Å². The van der Waals surface area contributed by atoms with Crippen LogP contribution in [-0.4, -0.2) is 57.7 Å². The normalized spacial score (nSPS) is 18.6. The summed E-state index contributed by atoms with van der Waals surface area (Å²) in [5.41, 5.74) is 2.77. The van der Waals surface area contributed by atoms with Gasteiger partial charge in [-0.05, 0) is 49.9 Å². The number of hydrogen-bond donors (Lipinski definition) is 3. The Kier molecular flexibility index (Phi) is 7.59. The Labute approximate surface area is 219 Å². The lowest BCUT2D eigenvalue weighted by molar-refractivity contribution is -0.117. The van der Waals surface area contributed by atoms with E-state index < -0.39 is 23.9 Å². The zero-order valence-electron chi connectivity index (χ0n) is 21.1. The van der Waals surface area contributed by atoms with Crippen molar-refractivity contribution < 1.29 is 18.4 Å². The van der Waals surface area contributed by atoms with Gasteiger partial charge in [0.2, 0.25) is 17.8 Å². The predicted octanol–water partition coefficient (Wildman–Crippen LogP) is 4.77. The number of hydrogen-bond acceptors (Lipinski definition) is 5. The van der Waals surface area contributed by atoms with E-state index in [9.17, 15) is 18.4 Å². The molecule has 2 unspecified atom stereocenters. The minimum absolute atomic E-state index is 0.0399. The first-order valence-electron chi connectivity index (χ1n) is 12.8. The van der Waals surface area contributed by atoms with Gasteiger partial charge < -0.3 is 10.6 Å². The number of halogens is 2. The number of pyridine rings is 1. The summed E-state index contributed by atoms with van der Waals surface area (Å²) in [5.74, 6) is -0.959. The zero-order chi connectivity index (χ0) is 26.6. The summed E-state index contributed by atoms with van der Waals surface area (Å²) in [6.07, 6.45) is 4.90. The number of benzene rings is 1. The summed E-state index contributed by atoms with van der Waals surface area (Å²) in [5, 5.41) is 12.5. The Bertz CT molecular complexity index is 1350. The van der Waals surface area contributed by atoms with E-state index in [1.807, 2.05) is 17.0 Å². The number of alkyl halides is 1. The van der Waals surface area contributed by atoms with Crippen LogP contribution in [0.5, 0.6) is 0 Å². The molecule has 0 bridgehead atoms. The molecule has 1 aromatic carbocycles. The monoisotopic (exact) mass is 520 g/mol. The number of likely N-dealkylation sites (tertiary alicyclic amines) is 1. The quantitative estimate of drug-likeness (QED) is 0.279. The molecule has 2 fully saturated rings. The van der Waals surface area contributed by atoms with Crippen LogP contribution in [0.3, 0.4) is 0 Å². The van der Waals surface area contributed by atoms with Crippen LogP contribution >= 0.6 is 0 Å². The van der Waals surface area contributed by atoms with Gasteiger partial charge in [0.15, 0.2) is 5.82 Å². The topological polar surface area (TPSA) is 103 Å². The van der Waals surface area contributed by atoms with Gasteiger partial charge in [-0.15, -0.1) is 0 Å². The number of nitrogens with one attached hydrogen (secondary N) is 3. The number of H-pyrrole nitrogens is 1. The smallest absolute Gasteiger partial charge is 0.248 e. The summed E-state index contributed by atoms with van der Waals surface area (Å²) in [7, 11) is 0. The van der Waals surface area contributed by atoms with Gasteiger partial charge >= 0.3 is 0 Å². The lowest BCUT2D eigenvalue weighted by atomic mass is 9.97. The molecule has 198 valence electrons. The Morgan fingerprint density at radius 1 is 1.18 bits per heavy atom. The number of rotatable bonds is 9. The molecule has 0 spiro atoms. The van der Waals surface area contributed by atoms with Crippen LogP contribution in [0.2, 0.25) is 0 Å². The molecule has 1 saturated carbocycles. The van der Waals surface area contributed by atoms with E-state index in [1.54, 1.807) is 37.3 Å². The maximum atomic E-state index is 14.7. The van der Waals surface area contributed by atoms with Crippen molar-refractivity contribution in [3.63, 3.8) is 0 Å². The van der Waals surface area contributed by atoms with Crippen LogP contribution in [0.4, 0.5) is 20.3 Å². The fourth-order valence-corrected chi connectivity index (χ4v) is 4.48. The number of carbonyl (C=O) groups is 2. The Morgan fingerprint density at radius 2 is 2.03 bits per heavy atom. The first-order chi connectivity index (χ1) is 18.4. The Hall–Kier alpha value is -3.92. The van der Waals surface area contributed by atoms with Crippen molar-refractivity contribution in [3.05, 3.63) is 71.8 Å². The Morgan fingerprint density at radius 3 is 2.76 bits per heavy atom. The summed E-state index contributed by atoms with van der Waals surface area (Å²) in [6, 6.07) is 12.1. The van der Waals surface area contributed by atoms with Crippen LogP contribution in [0.25, 0.3) is 11.3 Å². The highest BCUT2D eigenvalue weighted by Crippen LogP contribution is 2.39. The van der Waals surface area contributed by atoms with E-state index in [-0.39, 0.29) is 11.6 Å². The zero-order valence-corrected chi connectivity index (χ0v) is 21.1. The van der Waals surface area contributed by atoms with Crippen molar-refractivity contribution in [2.75, 3.05) is 30.3 Å². The predicted molar refractivity (Wildman–Crippen MR) is 141 cm³/mol. The minimum Gasteiger partial charge on any atom is -0.319 e. The van der Waals surface area contributed by atoms with Crippen LogP contribution in [0, 0.1) is 5.95 Å². The molecular weight excluding hydrogens is 490 g/mol. The van der Waals surface area contributed by atoms with Crippen LogP contribution in [-0.2, 0) is 9.59 Å². The maximum Gasteiger partial charge on any atom is 0.248 e. The third kappa shape index (κ3) is 6.31. The summed E-state index contributed by atoms with van der Waals surface area (Å²) < 4.78 is 28.0. The molecule has 2 amide bonds. The van der Waals surface area contributed by atoms with Gasteiger partial charge in [-0.3, -0.25) is 19.6 Å². The third-order valence-electron chi connectivity index (χ3n) is 6.90. The van der Waals surface area contributed by atoms with Crippen molar-refractivity contribution in [1.82, 2.24) is 20.1 Å². The fourth-order valence-electron chi connectivity index (χ4n) is 4.48. The van der Waals surface area contributed by atoms with Crippen molar-refractivity contribution in [2.45, 2.75) is 44.2 Å². The van der Waals surface area contributed by atoms with Gasteiger partial charge in [0.05, 0.1) is 17.3 Å². The van der Waals surface area contributed by atoms with E-state index in [1.165, 1.54) is 12.1 Å². The number of carbonyl (C=O) groups excluding carboxylic acids is 2. The summed E-state index contributed by atoms with van der Waals surface area (Å²) >= 11 is 0. The van der Waals surface area contributed by atoms with E-state index in [4.69, 9.17) is 0 Å². The SMILES string of the molecule is CC(C(=O)Nc1cc(C2CC2)[nH]n1)c1cccc(-c2ccc(NC(=O)/C=C/CN3CCC(F)C3)c(F)n2)c1. The molecule has 2 aliphatic rings. The number of amides is 2. The fraction of sp³-hybridized carbons (Fsp3) is 0.357. The summed E-state index contributed by atoms with van der Waals surface area (Å²) in [6.45, 7) is 3.28. The van der Waals surface area contributed by atoms with Gasteiger partial charge in [0.25, 0.3) is 0 Å². The van der Waals surface area contributed by atoms with Gasteiger partial charge in [-0.1, -0.05) is 24.3 Å². The van der Waals surface area contributed by atoms with Crippen molar-refractivity contribution in [3.8, 4) is 11.3 Å². The number of anilines is 2. The molecule has 8 nitrogen and oxygen atoms in total. The van der Waals surface area contributed by atoms with Gasteiger partial charge in [0.1, 0.15) is 6.17 Å². The van der Waals surface area contributed by atoms with Gasteiger partial charge in [0, 0.05) is 49.0 Å². The Balaban J connectivity index is 1.20. The maximum absolute atomic E-state index is 14.7. The molecule has 1 aliphatic heterocycles. The minimum atomic E-state index is -0.820. The largest absolute Gasteiger partial charge is 0.319 e. The average molecular weight is 521 g/mol.